The third-order valence-electron chi connectivity index (χ3n) is 7.12. The SMILES string of the molecule is CCC(C)C(N)C(=O)O[C@@H](C)n1cc(-c2ccnc(F)c2)c2cc(-c3cccc(NC(=O)/C=C/CN(C)C)c3)cnc21. The van der Waals surface area contributed by atoms with Gasteiger partial charge in [0.05, 0.1) is 0 Å². The van der Waals surface area contributed by atoms with E-state index in [9.17, 15) is 14.0 Å². The van der Waals surface area contributed by atoms with Crippen LogP contribution in [0.3, 0.4) is 0 Å². The van der Waals surface area contributed by atoms with Crippen molar-refractivity contribution in [3.63, 3.8) is 0 Å². The number of esters is 1. The Morgan fingerprint density at radius 2 is 1.90 bits per heavy atom. The van der Waals surface area contributed by atoms with E-state index in [4.69, 9.17) is 15.5 Å². The van der Waals surface area contributed by atoms with Gasteiger partial charge in [0, 0.05) is 59.5 Å². The van der Waals surface area contributed by atoms with Crippen LogP contribution in [0.1, 0.15) is 33.4 Å². The lowest BCUT2D eigenvalue weighted by Crippen LogP contribution is -2.38. The van der Waals surface area contributed by atoms with Crippen LogP contribution in [0, 0.1) is 11.9 Å². The number of benzene rings is 1. The summed E-state index contributed by atoms with van der Waals surface area (Å²) in [5.74, 6) is -1.36. The lowest BCUT2D eigenvalue weighted by atomic mass is 10.0. The molecular weight excluding hydrogens is 535 g/mol. The quantitative estimate of drug-likeness (QED) is 0.141. The Morgan fingerprint density at radius 3 is 2.62 bits per heavy atom. The van der Waals surface area contributed by atoms with E-state index in [2.05, 4.69) is 10.3 Å². The second-order valence-corrected chi connectivity index (χ2v) is 10.6. The molecule has 42 heavy (non-hydrogen) atoms. The second-order valence-electron chi connectivity index (χ2n) is 10.6. The smallest absolute Gasteiger partial charge is 0.325 e. The number of likely N-dealkylation sites (N-methyl/N-ethyl adjacent to an activating group) is 1. The number of nitrogens with two attached hydrogens (primary N) is 1. The first-order chi connectivity index (χ1) is 20.1. The molecule has 3 atom stereocenters. The molecule has 220 valence electrons. The highest BCUT2D eigenvalue weighted by molar-refractivity contribution is 6.00. The number of nitrogens with one attached hydrogen (secondary N) is 1. The van der Waals surface area contributed by atoms with Crippen LogP contribution in [0.2, 0.25) is 0 Å². The lowest BCUT2D eigenvalue weighted by Gasteiger charge is -2.21. The predicted octanol–water partition coefficient (Wildman–Crippen LogP) is 5.40. The summed E-state index contributed by atoms with van der Waals surface area (Å²) >= 11 is 0. The molecule has 0 spiro atoms. The summed E-state index contributed by atoms with van der Waals surface area (Å²) < 4.78 is 21.6. The minimum absolute atomic E-state index is 0.0308. The molecule has 3 heterocycles. The van der Waals surface area contributed by atoms with Crippen LogP contribution in [-0.2, 0) is 14.3 Å². The number of anilines is 1. The number of ether oxygens (including phenoxy) is 1. The molecule has 1 amide bonds. The number of hydrogen-bond donors (Lipinski definition) is 2. The molecule has 0 saturated carbocycles. The van der Waals surface area contributed by atoms with Crippen LogP contribution >= 0.6 is 0 Å². The Morgan fingerprint density at radius 1 is 1.12 bits per heavy atom. The van der Waals surface area contributed by atoms with E-state index in [0.29, 0.717) is 29.0 Å². The average Bonchev–Trinajstić information content (AvgIpc) is 3.35. The van der Waals surface area contributed by atoms with Crippen molar-refractivity contribution in [2.75, 3.05) is 26.0 Å². The van der Waals surface area contributed by atoms with Gasteiger partial charge >= 0.3 is 5.97 Å². The zero-order valence-corrected chi connectivity index (χ0v) is 24.5. The topological polar surface area (TPSA) is 115 Å². The minimum atomic E-state index is -0.746. The summed E-state index contributed by atoms with van der Waals surface area (Å²) in [6.07, 6.45) is 8.24. The number of hydrogen-bond acceptors (Lipinski definition) is 7. The molecule has 10 heteroatoms. The number of nitrogens with zero attached hydrogens (tertiary/aromatic N) is 4. The van der Waals surface area contributed by atoms with Gasteiger partial charge < -0.3 is 20.7 Å². The highest BCUT2D eigenvalue weighted by Gasteiger charge is 2.25. The maximum atomic E-state index is 14.1. The summed E-state index contributed by atoms with van der Waals surface area (Å²) in [6.45, 7) is 6.27. The maximum absolute atomic E-state index is 14.1. The molecule has 4 rings (SSSR count). The van der Waals surface area contributed by atoms with E-state index in [1.165, 1.54) is 18.3 Å². The first kappa shape index (κ1) is 30.5. The molecule has 0 saturated heterocycles. The minimum Gasteiger partial charge on any atom is -0.440 e. The maximum Gasteiger partial charge on any atom is 0.325 e. The van der Waals surface area contributed by atoms with E-state index < -0.39 is 24.2 Å². The normalized spacial score (nSPS) is 13.8. The largest absolute Gasteiger partial charge is 0.440 e. The molecule has 3 N–H and O–H groups in total. The van der Waals surface area contributed by atoms with E-state index in [-0.39, 0.29) is 11.8 Å². The summed E-state index contributed by atoms with van der Waals surface area (Å²) in [6, 6.07) is 11.7. The fraction of sp³-hybridized carbons (Fsp3) is 0.312. The van der Waals surface area contributed by atoms with Crippen LogP contribution in [0.5, 0.6) is 0 Å². The fourth-order valence-electron chi connectivity index (χ4n) is 4.49. The van der Waals surface area contributed by atoms with Gasteiger partial charge in [-0.15, -0.1) is 0 Å². The molecule has 4 aromatic rings. The van der Waals surface area contributed by atoms with Crippen molar-refractivity contribution in [2.45, 2.75) is 39.5 Å². The third kappa shape index (κ3) is 7.26. The molecule has 0 aliphatic heterocycles. The molecular formula is C32H37FN6O3. The van der Waals surface area contributed by atoms with E-state index in [1.807, 2.05) is 63.2 Å². The lowest BCUT2D eigenvalue weighted by molar-refractivity contribution is -0.155. The molecule has 0 radical (unpaired) electrons. The molecule has 0 fully saturated rings. The third-order valence-corrected chi connectivity index (χ3v) is 7.12. The molecule has 3 aromatic heterocycles. The van der Waals surface area contributed by atoms with Crippen molar-refractivity contribution >= 4 is 28.6 Å². The summed E-state index contributed by atoms with van der Waals surface area (Å²) in [5, 5.41) is 3.62. The van der Waals surface area contributed by atoms with E-state index in [1.54, 1.807) is 36.0 Å². The van der Waals surface area contributed by atoms with Crippen LogP contribution in [0.15, 0.2) is 73.2 Å². The number of aromatic nitrogens is 3. The van der Waals surface area contributed by atoms with Gasteiger partial charge in [-0.2, -0.15) is 4.39 Å². The van der Waals surface area contributed by atoms with Crippen LogP contribution in [0.4, 0.5) is 10.1 Å². The number of halogens is 1. The number of fused-ring (bicyclic) bond motifs is 1. The zero-order chi connectivity index (χ0) is 30.4. The van der Waals surface area contributed by atoms with Crippen LogP contribution in [0.25, 0.3) is 33.3 Å². The predicted molar refractivity (Wildman–Crippen MR) is 163 cm³/mol. The average molecular weight is 573 g/mol. The van der Waals surface area contributed by atoms with Crippen molar-refractivity contribution in [1.82, 2.24) is 19.4 Å². The monoisotopic (exact) mass is 572 g/mol. The number of pyridine rings is 2. The van der Waals surface area contributed by atoms with Crippen molar-refractivity contribution in [2.24, 2.45) is 11.7 Å². The highest BCUT2D eigenvalue weighted by Crippen LogP contribution is 2.35. The van der Waals surface area contributed by atoms with E-state index in [0.717, 1.165) is 22.9 Å². The molecule has 9 nitrogen and oxygen atoms in total. The van der Waals surface area contributed by atoms with Crippen molar-refractivity contribution in [1.29, 1.82) is 0 Å². The summed E-state index contributed by atoms with van der Waals surface area (Å²) in [4.78, 5) is 35.5. The standard InChI is InChI=1S/C32H37FN6O3/c1-6-20(2)30(34)32(41)42-21(3)39-19-27(23-12-13-35-28(33)17-23)26-16-24(18-36-31(26)39)22-9-7-10-25(15-22)37-29(40)11-8-14-38(4)5/h7-13,15-21,30H,6,14,34H2,1-5H3,(H,37,40)/b11-8+/t20?,21-,30?/m0/s1. The number of carbonyl (C=O) groups is 2. The van der Waals surface area contributed by atoms with Gasteiger partial charge in [0.1, 0.15) is 11.7 Å². The van der Waals surface area contributed by atoms with Crippen LogP contribution in [-0.4, -0.2) is 58.0 Å². The van der Waals surface area contributed by atoms with Gasteiger partial charge in [0.15, 0.2) is 6.23 Å². The molecule has 0 bridgehead atoms. The van der Waals surface area contributed by atoms with Crippen molar-refractivity contribution in [3.8, 4) is 22.3 Å². The van der Waals surface area contributed by atoms with Gasteiger partial charge in [0.2, 0.25) is 11.9 Å². The van der Waals surface area contributed by atoms with Gasteiger partial charge in [0.25, 0.3) is 0 Å². The Balaban J connectivity index is 1.70. The van der Waals surface area contributed by atoms with Gasteiger partial charge in [-0.1, -0.05) is 38.5 Å². The van der Waals surface area contributed by atoms with Crippen molar-refractivity contribution in [3.05, 3.63) is 79.2 Å². The fourth-order valence-corrected chi connectivity index (χ4v) is 4.49. The zero-order valence-electron chi connectivity index (χ0n) is 24.5. The van der Waals surface area contributed by atoms with Gasteiger partial charge in [-0.25, -0.2) is 9.97 Å². The summed E-state index contributed by atoms with van der Waals surface area (Å²) in [7, 11) is 3.86. The second kappa shape index (κ2) is 13.5. The molecule has 0 aliphatic rings. The first-order valence-corrected chi connectivity index (χ1v) is 13.9. The molecule has 0 aliphatic carbocycles. The Hall–Kier alpha value is -4.41. The van der Waals surface area contributed by atoms with Gasteiger partial charge in [-0.05, 0) is 62.3 Å². The number of amides is 1. The Labute approximate surface area is 245 Å². The number of carbonyl (C=O) groups excluding carboxylic acids is 2. The van der Waals surface area contributed by atoms with Crippen molar-refractivity contribution < 1.29 is 18.7 Å². The van der Waals surface area contributed by atoms with Crippen LogP contribution < -0.4 is 11.1 Å². The van der Waals surface area contributed by atoms with Gasteiger partial charge in [-0.3, -0.25) is 14.2 Å². The Bertz CT molecular complexity index is 1600. The highest BCUT2D eigenvalue weighted by atomic mass is 19.1. The molecule has 2 unspecified atom stereocenters. The first-order valence-electron chi connectivity index (χ1n) is 13.9. The molecule has 1 aromatic carbocycles. The van der Waals surface area contributed by atoms with E-state index >= 15 is 0 Å². The Kier molecular flexibility index (Phi) is 9.82. The number of rotatable bonds is 11. The summed E-state index contributed by atoms with van der Waals surface area (Å²) in [5.41, 5.74) is 10.2.